The smallest absolute Gasteiger partial charge is 0.466 e. The Morgan fingerprint density at radius 2 is 1.64 bits per heavy atom. The van der Waals surface area contributed by atoms with E-state index in [0.29, 0.717) is 0 Å². The number of esters is 2. The Morgan fingerprint density at radius 1 is 0.955 bits per heavy atom. The average molecular weight is 310 g/mol. The molecule has 0 heterocycles. The van der Waals surface area contributed by atoms with Crippen molar-refractivity contribution in [2.75, 3.05) is 19.8 Å². The number of para-hydroxylation sites is 1. The van der Waals surface area contributed by atoms with Gasteiger partial charge in [-0.1, -0.05) is 12.1 Å². The molecule has 0 saturated carbocycles. The van der Waals surface area contributed by atoms with Crippen LogP contribution in [-0.4, -0.2) is 37.9 Å². The highest BCUT2D eigenvalue weighted by atomic mass is 16.7. The number of benzene rings is 1. The lowest BCUT2D eigenvalue weighted by molar-refractivity contribution is -0.143. The zero-order chi connectivity index (χ0) is 16.4. The molecule has 0 aliphatic carbocycles. The van der Waals surface area contributed by atoms with Gasteiger partial charge < -0.3 is 18.9 Å². The maximum Gasteiger partial charge on any atom is 0.513 e. The van der Waals surface area contributed by atoms with Gasteiger partial charge in [0.05, 0.1) is 19.6 Å². The standard InChI is InChI=1S/C15H18O7/c1-3-19-13(16)9-10-21-15(18)22-12-8-6-5-7-11(12)14(17)20-4-2/h5-8H,3-4,9-10H2,1-2H3. The summed E-state index contributed by atoms with van der Waals surface area (Å²) in [5.41, 5.74) is 0.117. The van der Waals surface area contributed by atoms with Gasteiger partial charge in [-0.3, -0.25) is 4.79 Å². The third kappa shape index (κ3) is 5.82. The minimum absolute atomic E-state index is 0.0297. The van der Waals surface area contributed by atoms with Gasteiger partial charge in [-0.2, -0.15) is 0 Å². The Bertz CT molecular complexity index is 524. The summed E-state index contributed by atoms with van der Waals surface area (Å²) in [7, 11) is 0. The molecule has 0 bridgehead atoms. The molecule has 7 nitrogen and oxygen atoms in total. The first-order chi connectivity index (χ1) is 10.6. The number of carbonyl (C=O) groups is 3. The van der Waals surface area contributed by atoms with E-state index in [1.54, 1.807) is 26.0 Å². The van der Waals surface area contributed by atoms with Gasteiger partial charge in [0.15, 0.2) is 0 Å². The molecule has 0 unspecified atom stereocenters. The van der Waals surface area contributed by atoms with Crippen molar-refractivity contribution in [3.63, 3.8) is 0 Å². The van der Waals surface area contributed by atoms with Crippen molar-refractivity contribution in [3.05, 3.63) is 29.8 Å². The van der Waals surface area contributed by atoms with Gasteiger partial charge in [0.2, 0.25) is 0 Å². The van der Waals surface area contributed by atoms with Crippen LogP contribution in [0, 0.1) is 0 Å². The zero-order valence-electron chi connectivity index (χ0n) is 12.5. The second kappa shape index (κ2) is 9.38. The maximum absolute atomic E-state index is 11.7. The summed E-state index contributed by atoms with van der Waals surface area (Å²) in [6.07, 6.45) is -1.08. The Balaban J connectivity index is 2.54. The van der Waals surface area contributed by atoms with E-state index in [0.717, 1.165) is 0 Å². The van der Waals surface area contributed by atoms with Gasteiger partial charge in [0.1, 0.15) is 17.9 Å². The number of ether oxygens (including phenoxy) is 4. The van der Waals surface area contributed by atoms with Crippen LogP contribution in [-0.2, 0) is 19.0 Å². The molecule has 22 heavy (non-hydrogen) atoms. The second-order valence-corrected chi connectivity index (χ2v) is 3.97. The van der Waals surface area contributed by atoms with E-state index >= 15 is 0 Å². The molecule has 1 rings (SSSR count). The average Bonchev–Trinajstić information content (AvgIpc) is 2.48. The van der Waals surface area contributed by atoms with E-state index in [2.05, 4.69) is 4.74 Å². The van der Waals surface area contributed by atoms with Gasteiger partial charge in [-0.25, -0.2) is 9.59 Å². The van der Waals surface area contributed by atoms with Crippen LogP contribution in [0.5, 0.6) is 5.75 Å². The number of rotatable bonds is 7. The van der Waals surface area contributed by atoms with E-state index < -0.39 is 18.1 Å². The Morgan fingerprint density at radius 3 is 2.32 bits per heavy atom. The Hall–Kier alpha value is -2.57. The van der Waals surface area contributed by atoms with Gasteiger partial charge in [-0.05, 0) is 26.0 Å². The number of hydrogen-bond donors (Lipinski definition) is 0. The summed E-state index contributed by atoms with van der Waals surface area (Å²) in [5.74, 6) is -1.04. The summed E-state index contributed by atoms with van der Waals surface area (Å²) in [6.45, 7) is 3.65. The molecule has 0 atom stereocenters. The molecule has 0 spiro atoms. The summed E-state index contributed by atoms with van der Waals surface area (Å²) < 4.78 is 19.2. The van der Waals surface area contributed by atoms with Crippen molar-refractivity contribution in [1.82, 2.24) is 0 Å². The van der Waals surface area contributed by atoms with Crippen molar-refractivity contribution < 1.29 is 33.3 Å². The fourth-order valence-corrected chi connectivity index (χ4v) is 1.50. The molecule has 0 aliphatic heterocycles. The molecule has 120 valence electrons. The highest BCUT2D eigenvalue weighted by Crippen LogP contribution is 2.19. The van der Waals surface area contributed by atoms with E-state index in [1.807, 2.05) is 0 Å². The largest absolute Gasteiger partial charge is 0.513 e. The Kier molecular flexibility index (Phi) is 7.45. The molecule has 1 aromatic carbocycles. The minimum Gasteiger partial charge on any atom is -0.466 e. The molecular formula is C15H18O7. The second-order valence-electron chi connectivity index (χ2n) is 3.97. The lowest BCUT2D eigenvalue weighted by Gasteiger charge is -2.09. The zero-order valence-corrected chi connectivity index (χ0v) is 12.5. The van der Waals surface area contributed by atoms with E-state index in [4.69, 9.17) is 14.2 Å². The summed E-state index contributed by atoms with van der Waals surface area (Å²) in [6, 6.07) is 6.13. The predicted molar refractivity (Wildman–Crippen MR) is 75.6 cm³/mol. The van der Waals surface area contributed by atoms with Crippen LogP contribution in [0.4, 0.5) is 4.79 Å². The topological polar surface area (TPSA) is 88.1 Å². The van der Waals surface area contributed by atoms with Crippen LogP contribution in [0.15, 0.2) is 24.3 Å². The van der Waals surface area contributed by atoms with E-state index in [1.165, 1.54) is 12.1 Å². The summed E-state index contributed by atoms with van der Waals surface area (Å²) >= 11 is 0. The molecular weight excluding hydrogens is 292 g/mol. The first kappa shape index (κ1) is 17.5. The third-order valence-electron chi connectivity index (χ3n) is 2.41. The van der Waals surface area contributed by atoms with Crippen molar-refractivity contribution >= 4 is 18.1 Å². The molecule has 0 aromatic heterocycles. The molecule has 1 aromatic rings. The lowest BCUT2D eigenvalue weighted by atomic mass is 10.2. The quantitative estimate of drug-likeness (QED) is 0.434. The fourth-order valence-electron chi connectivity index (χ4n) is 1.50. The van der Waals surface area contributed by atoms with Crippen LogP contribution < -0.4 is 4.74 Å². The van der Waals surface area contributed by atoms with Crippen LogP contribution in [0.25, 0.3) is 0 Å². The summed E-state index contributed by atoms with van der Waals surface area (Å²) in [4.78, 5) is 34.3. The first-order valence-electron chi connectivity index (χ1n) is 6.84. The van der Waals surface area contributed by atoms with Crippen molar-refractivity contribution in [2.24, 2.45) is 0 Å². The molecule has 7 heteroatoms. The van der Waals surface area contributed by atoms with Gasteiger partial charge >= 0.3 is 18.1 Å². The van der Waals surface area contributed by atoms with Gasteiger partial charge in [-0.15, -0.1) is 0 Å². The van der Waals surface area contributed by atoms with Gasteiger partial charge in [0, 0.05) is 0 Å². The SMILES string of the molecule is CCOC(=O)CCOC(=O)Oc1ccccc1C(=O)OCC. The third-order valence-corrected chi connectivity index (χ3v) is 2.41. The van der Waals surface area contributed by atoms with Crippen LogP contribution in [0.2, 0.25) is 0 Å². The monoisotopic (exact) mass is 310 g/mol. The Labute approximate surface area is 128 Å². The highest BCUT2D eigenvalue weighted by molar-refractivity contribution is 5.93. The fraction of sp³-hybridized carbons (Fsp3) is 0.400. The highest BCUT2D eigenvalue weighted by Gasteiger charge is 2.16. The number of carbonyl (C=O) groups excluding carboxylic acids is 3. The van der Waals surface area contributed by atoms with E-state index in [9.17, 15) is 14.4 Å². The molecule has 0 amide bonds. The van der Waals surface area contributed by atoms with Crippen molar-refractivity contribution in [2.45, 2.75) is 20.3 Å². The van der Waals surface area contributed by atoms with Crippen molar-refractivity contribution in [1.29, 1.82) is 0 Å². The van der Waals surface area contributed by atoms with Crippen LogP contribution in [0.1, 0.15) is 30.6 Å². The molecule has 0 N–H and O–H groups in total. The van der Waals surface area contributed by atoms with Crippen molar-refractivity contribution in [3.8, 4) is 5.75 Å². The van der Waals surface area contributed by atoms with Gasteiger partial charge in [0.25, 0.3) is 0 Å². The molecule has 0 aliphatic rings. The first-order valence-corrected chi connectivity index (χ1v) is 6.84. The lowest BCUT2D eigenvalue weighted by Crippen LogP contribution is -2.16. The normalized spacial score (nSPS) is 9.73. The van der Waals surface area contributed by atoms with E-state index in [-0.39, 0.29) is 37.6 Å². The molecule has 0 fully saturated rings. The molecule has 0 saturated heterocycles. The van der Waals surface area contributed by atoms with Crippen LogP contribution >= 0.6 is 0 Å². The predicted octanol–water partition coefficient (Wildman–Crippen LogP) is 2.33. The number of hydrogen-bond acceptors (Lipinski definition) is 7. The minimum atomic E-state index is -1.01. The van der Waals surface area contributed by atoms with Crippen LogP contribution in [0.3, 0.4) is 0 Å². The summed E-state index contributed by atoms with van der Waals surface area (Å²) in [5, 5.41) is 0. The molecule has 0 radical (unpaired) electrons. The maximum atomic E-state index is 11.7.